The molecule has 74 valence electrons. The quantitative estimate of drug-likeness (QED) is 0.675. The summed E-state index contributed by atoms with van der Waals surface area (Å²) in [6, 6.07) is 0. The van der Waals surface area contributed by atoms with E-state index in [0.717, 1.165) is 0 Å². The van der Waals surface area contributed by atoms with Crippen LogP contribution in [0.5, 0.6) is 0 Å². The summed E-state index contributed by atoms with van der Waals surface area (Å²) in [5.41, 5.74) is 0. The van der Waals surface area contributed by atoms with Gasteiger partial charge < -0.3 is 0 Å². The minimum absolute atomic E-state index is 1.22. The van der Waals surface area contributed by atoms with Gasteiger partial charge in [0.05, 0.1) is 0 Å². The maximum atomic E-state index is 2.53. The number of hydrogen-bond acceptors (Lipinski definition) is 1. The molecule has 0 aromatic carbocycles. The molecule has 0 heterocycles. The van der Waals surface area contributed by atoms with Gasteiger partial charge in [0.25, 0.3) is 0 Å². The molecular weight excluding hydrogens is 253 g/mol. The summed E-state index contributed by atoms with van der Waals surface area (Å²) in [7, 11) is 0. The maximum absolute atomic E-state index is 2.53. The van der Waals surface area contributed by atoms with Crippen molar-refractivity contribution in [2.75, 3.05) is 19.6 Å². The van der Waals surface area contributed by atoms with Crippen LogP contribution in [0.3, 0.4) is 0 Å². The normalized spacial score (nSPS) is 12.5. The Bertz CT molecular complexity index is 103. The predicted octanol–water partition coefficient (Wildman–Crippen LogP) is 3.06. The SMILES string of the molecule is CCN(CC)CC[CH2][Sn]([CH3])([CH3])[CH3]. The molecule has 0 rings (SSSR count). The van der Waals surface area contributed by atoms with E-state index in [2.05, 4.69) is 33.6 Å². The van der Waals surface area contributed by atoms with Crippen LogP contribution in [0.2, 0.25) is 19.3 Å². The Balaban J connectivity index is 3.41. The summed E-state index contributed by atoms with van der Waals surface area (Å²) in [6.45, 7) is 8.27. The molecule has 0 radical (unpaired) electrons. The molecule has 0 aliphatic rings. The molecule has 0 fully saturated rings. The van der Waals surface area contributed by atoms with Crippen molar-refractivity contribution in [2.24, 2.45) is 0 Å². The molecule has 0 amide bonds. The van der Waals surface area contributed by atoms with E-state index in [1.54, 1.807) is 4.44 Å². The summed E-state index contributed by atoms with van der Waals surface area (Å²) < 4.78 is 1.55. The fourth-order valence-corrected chi connectivity index (χ4v) is 4.85. The van der Waals surface area contributed by atoms with Gasteiger partial charge >= 0.3 is 82.4 Å². The molecule has 0 aliphatic carbocycles. The van der Waals surface area contributed by atoms with Crippen LogP contribution >= 0.6 is 0 Å². The second-order valence-corrected chi connectivity index (χ2v) is 20.7. The molecule has 0 saturated carbocycles. The first-order chi connectivity index (χ1) is 5.49. The van der Waals surface area contributed by atoms with E-state index in [1.165, 1.54) is 26.1 Å². The van der Waals surface area contributed by atoms with Gasteiger partial charge in [-0.15, -0.1) is 0 Å². The van der Waals surface area contributed by atoms with Crippen molar-refractivity contribution < 1.29 is 0 Å². The standard InChI is InChI=1S/C7H16N.3CH3.Sn/c1-4-7-8(5-2)6-3;;;;/h1,4-7H2,2-3H3;3*1H3;. The van der Waals surface area contributed by atoms with E-state index < -0.39 is 18.4 Å². The van der Waals surface area contributed by atoms with Crippen LogP contribution in [-0.2, 0) is 0 Å². The van der Waals surface area contributed by atoms with Crippen molar-refractivity contribution >= 4 is 18.4 Å². The summed E-state index contributed by atoms with van der Waals surface area (Å²) >= 11 is -1.43. The molecule has 0 aromatic heterocycles. The van der Waals surface area contributed by atoms with E-state index >= 15 is 0 Å². The van der Waals surface area contributed by atoms with Crippen LogP contribution in [0.1, 0.15) is 20.3 Å². The second-order valence-electron chi connectivity index (χ2n) is 4.69. The molecule has 0 spiro atoms. The molecule has 2 heteroatoms. The van der Waals surface area contributed by atoms with Gasteiger partial charge in [-0.3, -0.25) is 0 Å². The van der Waals surface area contributed by atoms with Crippen molar-refractivity contribution in [3.8, 4) is 0 Å². The molecule has 0 unspecified atom stereocenters. The third-order valence-electron chi connectivity index (χ3n) is 2.30. The summed E-state index contributed by atoms with van der Waals surface area (Å²) in [4.78, 5) is 10.1. The second kappa shape index (κ2) is 6.25. The zero-order chi connectivity index (χ0) is 9.61. The van der Waals surface area contributed by atoms with E-state index in [9.17, 15) is 0 Å². The molecule has 0 aliphatic heterocycles. The molecule has 0 bridgehead atoms. The number of rotatable bonds is 6. The van der Waals surface area contributed by atoms with E-state index in [0.29, 0.717) is 0 Å². The average molecular weight is 278 g/mol. The van der Waals surface area contributed by atoms with E-state index in [1.807, 2.05) is 0 Å². The van der Waals surface area contributed by atoms with Crippen molar-refractivity contribution in [2.45, 2.75) is 39.5 Å². The number of nitrogens with zero attached hydrogens (tertiary/aromatic N) is 1. The van der Waals surface area contributed by atoms with Gasteiger partial charge in [-0.05, 0) is 0 Å². The van der Waals surface area contributed by atoms with Crippen LogP contribution in [0.25, 0.3) is 0 Å². The predicted molar refractivity (Wildman–Crippen MR) is 60.6 cm³/mol. The Labute approximate surface area is 82.4 Å². The molecule has 1 nitrogen and oxygen atoms in total. The van der Waals surface area contributed by atoms with Gasteiger partial charge in [0.2, 0.25) is 0 Å². The van der Waals surface area contributed by atoms with Gasteiger partial charge in [-0.1, -0.05) is 0 Å². The van der Waals surface area contributed by atoms with Crippen LogP contribution in [0.15, 0.2) is 0 Å². The Morgan fingerprint density at radius 3 is 1.83 bits per heavy atom. The Hall–Kier alpha value is 0.759. The van der Waals surface area contributed by atoms with Gasteiger partial charge in [-0.25, -0.2) is 0 Å². The summed E-state index contributed by atoms with van der Waals surface area (Å²) in [6.07, 6.45) is 1.43. The molecular formula is C10H25NSn. The van der Waals surface area contributed by atoms with Crippen LogP contribution in [-0.4, -0.2) is 42.9 Å². The Morgan fingerprint density at radius 1 is 1.00 bits per heavy atom. The first-order valence-electron chi connectivity index (χ1n) is 5.22. The minimum atomic E-state index is -1.43. The third kappa shape index (κ3) is 7.41. The summed E-state index contributed by atoms with van der Waals surface area (Å²) in [5, 5.41) is 0. The molecule has 0 aromatic rings. The van der Waals surface area contributed by atoms with E-state index in [-0.39, 0.29) is 0 Å². The first kappa shape index (κ1) is 12.8. The molecule has 0 atom stereocenters. The van der Waals surface area contributed by atoms with E-state index in [4.69, 9.17) is 0 Å². The number of hydrogen-bond donors (Lipinski definition) is 0. The van der Waals surface area contributed by atoms with Gasteiger partial charge in [0, 0.05) is 0 Å². The average Bonchev–Trinajstić information content (AvgIpc) is 1.96. The monoisotopic (exact) mass is 279 g/mol. The van der Waals surface area contributed by atoms with Crippen molar-refractivity contribution in [1.29, 1.82) is 0 Å². The fraction of sp³-hybridized carbons (Fsp3) is 1.00. The molecule has 0 saturated heterocycles. The fourth-order valence-electron chi connectivity index (χ4n) is 1.37. The van der Waals surface area contributed by atoms with Gasteiger partial charge in [-0.2, -0.15) is 0 Å². The Kier molecular flexibility index (Phi) is 6.64. The van der Waals surface area contributed by atoms with Crippen LogP contribution in [0.4, 0.5) is 0 Å². The van der Waals surface area contributed by atoms with Gasteiger partial charge in [0.15, 0.2) is 0 Å². The first-order valence-corrected chi connectivity index (χ1v) is 15.8. The zero-order valence-corrected chi connectivity index (χ0v) is 12.3. The zero-order valence-electron chi connectivity index (χ0n) is 9.48. The third-order valence-corrected chi connectivity index (χ3v) is 7.59. The van der Waals surface area contributed by atoms with Crippen LogP contribution < -0.4 is 0 Å². The summed E-state index contributed by atoms with van der Waals surface area (Å²) in [5.74, 6) is 0. The molecule has 0 N–H and O–H groups in total. The topological polar surface area (TPSA) is 3.24 Å². The molecule has 12 heavy (non-hydrogen) atoms. The van der Waals surface area contributed by atoms with Gasteiger partial charge in [0.1, 0.15) is 0 Å². The van der Waals surface area contributed by atoms with Crippen molar-refractivity contribution in [3.63, 3.8) is 0 Å². The Morgan fingerprint density at radius 2 is 1.50 bits per heavy atom. The van der Waals surface area contributed by atoms with Crippen molar-refractivity contribution in [1.82, 2.24) is 4.90 Å². The van der Waals surface area contributed by atoms with Crippen LogP contribution in [0, 0.1) is 0 Å². The van der Waals surface area contributed by atoms with Crippen molar-refractivity contribution in [3.05, 3.63) is 0 Å².